The van der Waals surface area contributed by atoms with E-state index in [0.717, 1.165) is 0 Å². The molecule has 1 radical (unpaired) electrons. The van der Waals surface area contributed by atoms with Crippen LogP contribution in [0.1, 0.15) is 0 Å². The summed E-state index contributed by atoms with van der Waals surface area (Å²) in [6.45, 7) is 0. The van der Waals surface area contributed by atoms with Crippen molar-refractivity contribution in [3.8, 4) is 0 Å². The third kappa shape index (κ3) is 24.5. The van der Waals surface area contributed by atoms with Crippen molar-refractivity contribution in [1.82, 2.24) is 0 Å². The van der Waals surface area contributed by atoms with E-state index in [-0.39, 0.29) is 107 Å². The average Bonchev–Trinajstić information content (AvgIpc) is 1.00. The summed E-state index contributed by atoms with van der Waals surface area (Å²) in [5.74, 6) is 0. The first-order valence-corrected chi connectivity index (χ1v) is 1.08. The van der Waals surface area contributed by atoms with E-state index in [1.807, 2.05) is 0 Å². The molecule has 0 unspecified atom stereocenters. The SMILES string of the molecule is [AlH3].[O]=[Nb].[SrH2].[Ta].[Ti]. The van der Waals surface area contributed by atoms with Crippen molar-refractivity contribution in [1.29, 1.82) is 0 Å². The Kier molecular flexibility index (Phi) is 194. The third-order valence-electron chi connectivity index (χ3n) is 0. The fourth-order valence-electron chi connectivity index (χ4n) is 0. The van der Waals surface area contributed by atoms with Crippen molar-refractivity contribution in [2.24, 2.45) is 0 Å². The zero-order valence-corrected chi connectivity index (χ0v) is 8.78. The Morgan fingerprint density at radius 3 is 1.17 bits per heavy atom. The molecule has 0 N–H and O–H groups in total. The molecular weight excluding hydrogens is 452 g/mol. The van der Waals surface area contributed by atoms with Gasteiger partial charge in [0.25, 0.3) is 0 Å². The van der Waals surface area contributed by atoms with Crippen LogP contribution >= 0.6 is 0 Å². The van der Waals surface area contributed by atoms with Gasteiger partial charge in [-0.25, -0.2) is 0 Å². The maximum absolute atomic E-state index is 8.30. The molecule has 0 spiro atoms. The van der Waals surface area contributed by atoms with Crippen molar-refractivity contribution in [3.63, 3.8) is 0 Å². The molecule has 0 atom stereocenters. The molecule has 0 saturated carbocycles. The van der Waals surface area contributed by atoms with Gasteiger partial charge in [-0.2, -0.15) is 0 Å². The topological polar surface area (TPSA) is 17.1 Å². The summed E-state index contributed by atoms with van der Waals surface area (Å²) in [6, 6.07) is 0. The minimum atomic E-state index is 0. The van der Waals surface area contributed by atoms with Crippen LogP contribution in [-0.4, -0.2) is 62.8 Å². The van der Waals surface area contributed by atoms with E-state index in [0.29, 0.717) is 21.0 Å². The summed E-state index contributed by atoms with van der Waals surface area (Å²) in [4.78, 5) is 0. The summed E-state index contributed by atoms with van der Waals surface area (Å²) in [5, 5.41) is 0. The Labute approximate surface area is 128 Å². The van der Waals surface area contributed by atoms with Gasteiger partial charge in [0.1, 0.15) is 0 Å². The van der Waals surface area contributed by atoms with Gasteiger partial charge in [-0.3, -0.25) is 0 Å². The zero-order chi connectivity index (χ0) is 2.00. The fourth-order valence-corrected chi connectivity index (χ4v) is 0. The van der Waals surface area contributed by atoms with Crippen LogP contribution in [0.2, 0.25) is 0 Å². The summed E-state index contributed by atoms with van der Waals surface area (Å²) in [7, 11) is 0. The predicted molar refractivity (Wildman–Crippen MR) is 19.2 cm³/mol. The molecule has 0 saturated heterocycles. The Bertz CT molecular complexity index is 15.5. The van der Waals surface area contributed by atoms with Crippen LogP contribution in [-0.2, 0) is 68.4 Å². The van der Waals surface area contributed by atoms with Gasteiger partial charge in [0, 0.05) is 44.1 Å². The van der Waals surface area contributed by atoms with Crippen molar-refractivity contribution >= 4 is 62.8 Å². The first-order chi connectivity index (χ1) is 1.00. The molecule has 0 aliphatic carbocycles. The van der Waals surface area contributed by atoms with E-state index in [4.69, 9.17) is 3.25 Å². The molecule has 0 aliphatic rings. The minimum absolute atomic E-state index is 0. The number of hydrogen-bond donors (Lipinski definition) is 0. The van der Waals surface area contributed by atoms with Crippen LogP contribution in [0.4, 0.5) is 0 Å². The van der Waals surface area contributed by atoms with Crippen LogP contribution in [0.5, 0.6) is 0 Å². The van der Waals surface area contributed by atoms with Gasteiger partial charge in [-0.15, -0.1) is 0 Å². The second-order valence-corrected chi connectivity index (χ2v) is 0. The minimum Gasteiger partial charge on any atom is 0 e. The molecule has 0 aromatic rings. The van der Waals surface area contributed by atoms with E-state index in [1.165, 1.54) is 0 Å². The van der Waals surface area contributed by atoms with Crippen LogP contribution < -0.4 is 0 Å². The molecule has 0 amide bonds. The van der Waals surface area contributed by atoms with E-state index in [9.17, 15) is 0 Å². The predicted octanol–water partition coefficient (Wildman–Crippen LogP) is -2.23. The summed E-state index contributed by atoms with van der Waals surface area (Å²) < 4.78 is 8.30. The Morgan fingerprint density at radius 2 is 1.17 bits per heavy atom. The van der Waals surface area contributed by atoms with Crippen molar-refractivity contribution in [2.75, 3.05) is 0 Å². The smallest absolute Gasteiger partial charge is 0 e. The second-order valence-electron chi connectivity index (χ2n) is 0. The molecule has 0 heterocycles. The van der Waals surface area contributed by atoms with Crippen LogP contribution in [0.25, 0.3) is 0 Å². The fraction of sp³-hybridized carbons (Fsp3) is 0. The summed E-state index contributed by atoms with van der Waals surface area (Å²) >= 11 is 0.500. The molecule has 6 heavy (non-hydrogen) atoms. The molecule has 0 aromatic carbocycles. The van der Waals surface area contributed by atoms with Gasteiger partial charge >= 0.3 is 69.8 Å². The van der Waals surface area contributed by atoms with Gasteiger partial charge < -0.3 is 0 Å². The quantitative estimate of drug-likeness (QED) is 0.377. The Morgan fingerprint density at radius 1 is 1.17 bits per heavy atom. The van der Waals surface area contributed by atoms with Crippen LogP contribution in [0.15, 0.2) is 0 Å². The molecule has 0 aromatic heterocycles. The second kappa shape index (κ2) is 36.0. The van der Waals surface area contributed by atoms with E-state index in [1.54, 1.807) is 0 Å². The van der Waals surface area contributed by atoms with E-state index >= 15 is 0 Å². The average molecular weight is 457 g/mol. The van der Waals surface area contributed by atoms with Crippen molar-refractivity contribution < 1.29 is 68.4 Å². The maximum Gasteiger partial charge on any atom is 0 e. The van der Waals surface area contributed by atoms with Gasteiger partial charge in [-0.1, -0.05) is 0 Å². The first-order valence-electron chi connectivity index (χ1n) is 0.183. The molecule has 0 aliphatic heterocycles. The van der Waals surface area contributed by atoms with Gasteiger partial charge in [0.05, 0.1) is 0 Å². The summed E-state index contributed by atoms with van der Waals surface area (Å²) in [5.41, 5.74) is 0. The van der Waals surface area contributed by atoms with Gasteiger partial charge in [0.2, 0.25) is 0 Å². The van der Waals surface area contributed by atoms with E-state index < -0.39 is 0 Å². The Balaban J connectivity index is -0.000000000833. The monoisotopic (exact) mass is 458 g/mol. The molecule has 0 fully saturated rings. The maximum atomic E-state index is 8.30. The first kappa shape index (κ1) is 32.4. The largest absolute Gasteiger partial charge is 0 e. The standard InChI is InChI=1S/Al.Nb.O.Sr.Ta.Ti.5H. The van der Waals surface area contributed by atoms with Crippen LogP contribution in [0, 0.1) is 0 Å². The number of hydrogen-bond acceptors (Lipinski definition) is 1. The molecule has 0 rings (SSSR count). The Hall–Kier alpha value is 4.01. The summed E-state index contributed by atoms with van der Waals surface area (Å²) in [6.07, 6.45) is 0. The molecule has 6 heteroatoms. The third-order valence-corrected chi connectivity index (χ3v) is 0. The van der Waals surface area contributed by atoms with Gasteiger partial charge in [-0.05, 0) is 0 Å². The normalized spacial score (nSPS) is 0.500. The molecular formula is H5AlNbOSrTaTi. The van der Waals surface area contributed by atoms with Crippen molar-refractivity contribution in [2.45, 2.75) is 0 Å². The number of rotatable bonds is 0. The van der Waals surface area contributed by atoms with Crippen LogP contribution in [0.3, 0.4) is 0 Å². The molecule has 1 nitrogen and oxygen atoms in total. The van der Waals surface area contributed by atoms with Gasteiger partial charge in [0.15, 0.2) is 17.4 Å². The molecule has 30 valence electrons. The van der Waals surface area contributed by atoms with Crippen molar-refractivity contribution in [3.05, 3.63) is 0 Å². The molecule has 0 bridgehead atoms. The zero-order valence-electron chi connectivity index (χ0n) is 1.80. The van der Waals surface area contributed by atoms with E-state index in [2.05, 4.69) is 0 Å².